The zero-order valence-electron chi connectivity index (χ0n) is 8.00. The second kappa shape index (κ2) is 5.48. The van der Waals surface area contributed by atoms with Crippen molar-refractivity contribution >= 4 is 11.8 Å². The molecule has 0 aliphatic heterocycles. The highest BCUT2D eigenvalue weighted by Gasteiger charge is 2.13. The third kappa shape index (κ3) is 6.04. The maximum Gasteiger partial charge on any atom is 0.212 e. The average molecular weight is 185 g/mol. The Hall–Kier alpha value is -1.16. The molecule has 0 rings (SSSR count). The smallest absolute Gasteiger partial charge is 0.212 e. The lowest BCUT2D eigenvalue weighted by atomic mass is 10.1. The van der Waals surface area contributed by atoms with Crippen LogP contribution in [-0.2, 0) is 9.59 Å². The molecule has 4 heteroatoms. The maximum absolute atomic E-state index is 11.2. The molecule has 0 amide bonds. The number of carboxylic acids is 1. The van der Waals surface area contributed by atoms with Gasteiger partial charge in [-0.25, -0.2) is 0 Å². The van der Waals surface area contributed by atoms with Crippen molar-refractivity contribution in [1.29, 1.82) is 0 Å². The molecule has 3 N–H and O–H groups in total. The van der Waals surface area contributed by atoms with E-state index in [2.05, 4.69) is 5.73 Å². The van der Waals surface area contributed by atoms with E-state index < -0.39 is 12.0 Å². The molecule has 0 bridgehead atoms. The van der Waals surface area contributed by atoms with Crippen LogP contribution < -0.4 is 10.8 Å². The van der Waals surface area contributed by atoms with E-state index in [1.54, 1.807) is 0 Å². The van der Waals surface area contributed by atoms with E-state index in [4.69, 9.17) is 0 Å². The molecule has 0 spiro atoms. The van der Waals surface area contributed by atoms with E-state index in [9.17, 15) is 14.7 Å². The number of carbonyl (C=O) groups is 2. The Bertz CT molecular complexity index is 229. The van der Waals surface area contributed by atoms with Gasteiger partial charge in [-0.2, -0.15) is 0 Å². The van der Waals surface area contributed by atoms with Gasteiger partial charge in [0.15, 0.2) is 0 Å². The van der Waals surface area contributed by atoms with Gasteiger partial charge in [0.1, 0.15) is 6.04 Å². The number of carbonyl (C=O) groups excluding carboxylic acids is 2. The topological polar surface area (TPSA) is 84.8 Å². The Balaban J connectivity index is 3.97. The van der Waals surface area contributed by atoms with Gasteiger partial charge in [-0.05, 0) is 26.3 Å². The summed E-state index contributed by atoms with van der Waals surface area (Å²) < 4.78 is 0. The minimum Gasteiger partial charge on any atom is -0.550 e. The van der Waals surface area contributed by atoms with Gasteiger partial charge in [-0.15, -0.1) is 0 Å². The summed E-state index contributed by atoms with van der Waals surface area (Å²) in [7, 11) is 0. The molecule has 4 nitrogen and oxygen atoms in total. The second-order valence-electron chi connectivity index (χ2n) is 3.23. The SMILES string of the molecule is CC(C)=CC(=O)[C@@H]([NH3+])CCC(=O)[O-]. The monoisotopic (exact) mass is 185 g/mol. The highest BCUT2D eigenvalue weighted by Crippen LogP contribution is 1.97. The van der Waals surface area contributed by atoms with E-state index in [1.165, 1.54) is 6.08 Å². The zero-order valence-corrected chi connectivity index (χ0v) is 8.00. The van der Waals surface area contributed by atoms with E-state index >= 15 is 0 Å². The van der Waals surface area contributed by atoms with Gasteiger partial charge in [-0.1, -0.05) is 5.57 Å². The van der Waals surface area contributed by atoms with Gasteiger partial charge in [0.2, 0.25) is 5.78 Å². The summed E-state index contributed by atoms with van der Waals surface area (Å²) in [4.78, 5) is 21.3. The van der Waals surface area contributed by atoms with Crippen molar-refractivity contribution < 1.29 is 20.4 Å². The molecule has 0 saturated carbocycles. The summed E-state index contributed by atoms with van der Waals surface area (Å²) in [6.45, 7) is 3.62. The summed E-state index contributed by atoms with van der Waals surface area (Å²) in [6.07, 6.45) is 1.61. The van der Waals surface area contributed by atoms with Gasteiger partial charge in [0, 0.05) is 12.4 Å². The lowest BCUT2D eigenvalue weighted by Gasteiger charge is -2.05. The maximum atomic E-state index is 11.2. The van der Waals surface area contributed by atoms with Crippen LogP contribution in [0, 0.1) is 0 Å². The van der Waals surface area contributed by atoms with Crippen LogP contribution in [0.1, 0.15) is 26.7 Å². The normalized spacial score (nSPS) is 11.9. The Morgan fingerprint density at radius 1 is 1.46 bits per heavy atom. The third-order valence-electron chi connectivity index (χ3n) is 1.53. The van der Waals surface area contributed by atoms with Crippen LogP contribution in [-0.4, -0.2) is 17.8 Å². The summed E-state index contributed by atoms with van der Waals surface area (Å²) in [5.74, 6) is -1.26. The highest BCUT2D eigenvalue weighted by molar-refractivity contribution is 5.93. The first-order chi connectivity index (χ1) is 5.93. The molecule has 0 radical (unpaired) electrons. The number of carboxylic acid groups (broad SMARTS) is 1. The van der Waals surface area contributed by atoms with Crippen molar-refractivity contribution in [2.24, 2.45) is 0 Å². The lowest BCUT2D eigenvalue weighted by Crippen LogP contribution is -2.64. The van der Waals surface area contributed by atoms with Gasteiger partial charge in [0.05, 0.1) is 0 Å². The zero-order chi connectivity index (χ0) is 10.4. The summed E-state index contributed by atoms with van der Waals surface area (Å²) >= 11 is 0. The standard InChI is InChI=1S/C9H15NO3/c1-6(2)5-8(11)7(10)3-4-9(12)13/h5,7H,3-4,10H2,1-2H3,(H,12,13)/t7-/m0/s1. The van der Waals surface area contributed by atoms with Crippen LogP contribution in [0.2, 0.25) is 0 Å². The first-order valence-corrected chi connectivity index (χ1v) is 4.15. The number of hydrogen-bond acceptors (Lipinski definition) is 3. The highest BCUT2D eigenvalue weighted by atomic mass is 16.4. The number of ketones is 1. The van der Waals surface area contributed by atoms with Crippen LogP contribution in [0.15, 0.2) is 11.6 Å². The van der Waals surface area contributed by atoms with E-state index in [0.29, 0.717) is 0 Å². The molecule has 13 heavy (non-hydrogen) atoms. The van der Waals surface area contributed by atoms with Crippen LogP contribution in [0.5, 0.6) is 0 Å². The molecule has 0 aliphatic carbocycles. The fourth-order valence-corrected chi connectivity index (χ4v) is 0.837. The van der Waals surface area contributed by atoms with E-state index in [0.717, 1.165) is 5.57 Å². The Morgan fingerprint density at radius 2 is 2.00 bits per heavy atom. The number of aliphatic carboxylic acids is 1. The van der Waals surface area contributed by atoms with E-state index in [-0.39, 0.29) is 18.6 Å². The average Bonchev–Trinajstić information content (AvgIpc) is 1.98. The minimum atomic E-state index is -1.14. The molecule has 0 heterocycles. The first kappa shape index (κ1) is 11.8. The third-order valence-corrected chi connectivity index (χ3v) is 1.53. The molecule has 0 aromatic rings. The molecule has 0 aliphatic rings. The van der Waals surface area contributed by atoms with E-state index in [1.807, 2.05) is 13.8 Å². The Kier molecular flexibility index (Phi) is 4.99. The minimum absolute atomic E-state index is 0.115. The van der Waals surface area contributed by atoms with Gasteiger partial charge >= 0.3 is 0 Å². The molecule has 0 unspecified atom stereocenters. The lowest BCUT2D eigenvalue weighted by molar-refractivity contribution is -0.404. The molecule has 0 aromatic carbocycles. The van der Waals surface area contributed by atoms with Crippen molar-refractivity contribution in [2.45, 2.75) is 32.7 Å². The van der Waals surface area contributed by atoms with Crippen molar-refractivity contribution in [3.05, 3.63) is 11.6 Å². The summed E-state index contributed by atoms with van der Waals surface area (Å²) in [5, 5.41) is 10.1. The largest absolute Gasteiger partial charge is 0.550 e. The van der Waals surface area contributed by atoms with Gasteiger partial charge in [0.25, 0.3) is 0 Å². The number of quaternary nitrogens is 1. The quantitative estimate of drug-likeness (QED) is 0.538. The number of hydrogen-bond donors (Lipinski definition) is 1. The van der Waals surface area contributed by atoms with Crippen LogP contribution >= 0.6 is 0 Å². The fourth-order valence-electron chi connectivity index (χ4n) is 0.837. The van der Waals surface area contributed by atoms with Gasteiger partial charge in [-0.3, -0.25) is 4.79 Å². The van der Waals surface area contributed by atoms with Crippen molar-refractivity contribution in [1.82, 2.24) is 0 Å². The molecule has 0 saturated heterocycles. The number of allylic oxidation sites excluding steroid dienone is 1. The predicted octanol–water partition coefficient (Wildman–Crippen LogP) is -1.34. The van der Waals surface area contributed by atoms with Crippen LogP contribution in [0.25, 0.3) is 0 Å². The molecule has 0 fully saturated rings. The summed E-state index contributed by atoms with van der Waals surface area (Å²) in [6, 6.07) is -0.479. The molecule has 1 atom stereocenters. The Labute approximate surface area is 77.4 Å². The molecular weight excluding hydrogens is 170 g/mol. The van der Waals surface area contributed by atoms with Crippen molar-refractivity contribution in [2.75, 3.05) is 0 Å². The Morgan fingerprint density at radius 3 is 2.38 bits per heavy atom. The van der Waals surface area contributed by atoms with Crippen LogP contribution in [0.4, 0.5) is 0 Å². The first-order valence-electron chi connectivity index (χ1n) is 4.15. The molecule has 74 valence electrons. The summed E-state index contributed by atoms with van der Waals surface area (Å²) in [5.41, 5.74) is 4.47. The fraction of sp³-hybridized carbons (Fsp3) is 0.556. The van der Waals surface area contributed by atoms with Crippen molar-refractivity contribution in [3.8, 4) is 0 Å². The predicted molar refractivity (Wildman–Crippen MR) is 45.4 cm³/mol. The number of rotatable bonds is 5. The van der Waals surface area contributed by atoms with Crippen molar-refractivity contribution in [3.63, 3.8) is 0 Å². The molecule has 0 aromatic heterocycles. The second-order valence-corrected chi connectivity index (χ2v) is 3.23. The molecular formula is C9H15NO3. The van der Waals surface area contributed by atoms with Crippen LogP contribution in [0.3, 0.4) is 0 Å². The van der Waals surface area contributed by atoms with Gasteiger partial charge < -0.3 is 15.6 Å².